The number of carbonyl (C=O) groups excluding carboxylic acids is 3. The molecule has 4 heterocycles. The van der Waals surface area contributed by atoms with Crippen molar-refractivity contribution in [3.63, 3.8) is 0 Å². The van der Waals surface area contributed by atoms with Crippen LogP contribution in [0.15, 0.2) is 54.6 Å². The predicted octanol–water partition coefficient (Wildman–Crippen LogP) is 2.11. The highest BCUT2D eigenvalue weighted by Gasteiger charge is 2.74. The van der Waals surface area contributed by atoms with Crippen LogP contribution in [0.1, 0.15) is 24.0 Å². The van der Waals surface area contributed by atoms with Gasteiger partial charge in [-0.1, -0.05) is 48.5 Å². The molecule has 4 atom stereocenters. The summed E-state index contributed by atoms with van der Waals surface area (Å²) in [4.78, 5) is 44.1. The summed E-state index contributed by atoms with van der Waals surface area (Å²) >= 11 is 0. The number of anilines is 1. The summed E-state index contributed by atoms with van der Waals surface area (Å²) in [6.07, 6.45) is 1.78. The molecular weight excluding hydrogens is 366 g/mol. The maximum atomic E-state index is 13.6. The summed E-state index contributed by atoms with van der Waals surface area (Å²) in [6.45, 7) is 0.996. The molecule has 0 radical (unpaired) electrons. The van der Waals surface area contributed by atoms with Crippen LogP contribution in [0.2, 0.25) is 0 Å². The van der Waals surface area contributed by atoms with Crippen molar-refractivity contribution in [2.45, 2.75) is 31.0 Å². The number of carbonyl (C=O) groups is 3. The van der Waals surface area contributed by atoms with Crippen molar-refractivity contribution in [1.82, 2.24) is 9.80 Å². The first-order valence-electron chi connectivity index (χ1n) is 10.2. The van der Waals surface area contributed by atoms with E-state index in [0.29, 0.717) is 0 Å². The summed E-state index contributed by atoms with van der Waals surface area (Å²) in [7, 11) is 0. The lowest BCUT2D eigenvalue weighted by Gasteiger charge is -2.36. The highest BCUT2D eigenvalue weighted by molar-refractivity contribution is 6.15. The van der Waals surface area contributed by atoms with Gasteiger partial charge in [0, 0.05) is 17.3 Å². The largest absolute Gasteiger partial charge is 0.324 e. The molecule has 3 saturated heterocycles. The van der Waals surface area contributed by atoms with Crippen LogP contribution >= 0.6 is 0 Å². The number of nitrogens with one attached hydrogen (secondary N) is 1. The van der Waals surface area contributed by atoms with Crippen LogP contribution in [0.25, 0.3) is 0 Å². The van der Waals surface area contributed by atoms with Crippen molar-refractivity contribution in [2.24, 2.45) is 11.8 Å². The van der Waals surface area contributed by atoms with Gasteiger partial charge in [0.05, 0.1) is 18.4 Å². The van der Waals surface area contributed by atoms with Gasteiger partial charge in [-0.25, -0.2) is 0 Å². The quantitative estimate of drug-likeness (QED) is 0.802. The molecule has 6 nitrogen and oxygen atoms in total. The smallest absolute Gasteiger partial charge is 0.250 e. The molecule has 0 aliphatic carbocycles. The molecule has 0 saturated carbocycles. The molecule has 0 unspecified atom stereocenters. The van der Waals surface area contributed by atoms with Crippen LogP contribution in [0, 0.1) is 11.8 Å². The van der Waals surface area contributed by atoms with E-state index in [4.69, 9.17) is 0 Å². The van der Waals surface area contributed by atoms with Gasteiger partial charge < -0.3 is 5.32 Å². The zero-order chi connectivity index (χ0) is 19.8. The van der Waals surface area contributed by atoms with E-state index in [1.54, 1.807) is 0 Å². The molecule has 1 N–H and O–H groups in total. The minimum Gasteiger partial charge on any atom is -0.324 e. The molecule has 4 aliphatic heterocycles. The molecule has 146 valence electrons. The Morgan fingerprint density at radius 1 is 0.966 bits per heavy atom. The van der Waals surface area contributed by atoms with Crippen LogP contribution in [0.3, 0.4) is 0 Å². The first kappa shape index (κ1) is 16.9. The lowest BCUT2D eigenvalue weighted by Crippen LogP contribution is -2.54. The van der Waals surface area contributed by atoms with E-state index in [0.717, 1.165) is 36.2 Å². The van der Waals surface area contributed by atoms with Gasteiger partial charge in [-0.05, 0) is 31.0 Å². The van der Waals surface area contributed by atoms with Gasteiger partial charge in [0.2, 0.25) is 17.7 Å². The number of hydrogen-bond donors (Lipinski definition) is 1. The normalized spacial score (nSPS) is 32.6. The zero-order valence-electron chi connectivity index (χ0n) is 15.9. The van der Waals surface area contributed by atoms with Gasteiger partial charge in [-0.3, -0.25) is 24.2 Å². The molecule has 2 aromatic carbocycles. The molecule has 0 aromatic heterocycles. The fourth-order valence-corrected chi connectivity index (χ4v) is 6.14. The molecule has 6 heteroatoms. The van der Waals surface area contributed by atoms with Crippen molar-refractivity contribution < 1.29 is 14.4 Å². The summed E-state index contributed by atoms with van der Waals surface area (Å²) < 4.78 is 0. The average molecular weight is 387 g/mol. The summed E-state index contributed by atoms with van der Waals surface area (Å²) in [5.41, 5.74) is 1.45. The van der Waals surface area contributed by atoms with E-state index >= 15 is 0 Å². The monoisotopic (exact) mass is 387 g/mol. The van der Waals surface area contributed by atoms with E-state index in [1.165, 1.54) is 4.90 Å². The SMILES string of the molecule is O=C1[C@@H]2[C@H]3CCCN3[C@@]3(C(=O)Nc4ccccc43)[C@@H]2C(=O)N1Cc1ccccc1. The third kappa shape index (κ3) is 1.97. The minimum atomic E-state index is -1.07. The number of likely N-dealkylation sites (tertiary alicyclic amines) is 1. The Kier molecular flexibility index (Phi) is 3.36. The topological polar surface area (TPSA) is 69.7 Å². The van der Waals surface area contributed by atoms with Crippen LogP contribution in [0.4, 0.5) is 5.69 Å². The van der Waals surface area contributed by atoms with Crippen LogP contribution in [-0.4, -0.2) is 40.1 Å². The van der Waals surface area contributed by atoms with E-state index in [2.05, 4.69) is 10.2 Å². The minimum absolute atomic E-state index is 0.0610. The number of para-hydroxylation sites is 1. The third-order valence-corrected chi connectivity index (χ3v) is 7.17. The first-order valence-corrected chi connectivity index (χ1v) is 10.2. The number of imide groups is 1. The van der Waals surface area contributed by atoms with Crippen LogP contribution in [0.5, 0.6) is 0 Å². The lowest BCUT2D eigenvalue weighted by atomic mass is 9.75. The molecule has 6 rings (SSSR count). The van der Waals surface area contributed by atoms with Gasteiger partial charge in [0.15, 0.2) is 0 Å². The van der Waals surface area contributed by atoms with Crippen molar-refractivity contribution in [1.29, 1.82) is 0 Å². The average Bonchev–Trinajstić information content (AvgIpc) is 3.44. The number of hydrogen-bond acceptors (Lipinski definition) is 4. The Balaban J connectivity index is 1.49. The van der Waals surface area contributed by atoms with E-state index < -0.39 is 17.4 Å². The van der Waals surface area contributed by atoms with Crippen molar-refractivity contribution >= 4 is 23.4 Å². The number of fused-ring (bicyclic) bond motifs is 7. The van der Waals surface area contributed by atoms with Crippen molar-refractivity contribution in [3.8, 4) is 0 Å². The van der Waals surface area contributed by atoms with Gasteiger partial charge in [-0.2, -0.15) is 0 Å². The molecule has 4 aliphatic rings. The zero-order valence-corrected chi connectivity index (χ0v) is 15.9. The first-order chi connectivity index (χ1) is 14.1. The Bertz CT molecular complexity index is 1050. The van der Waals surface area contributed by atoms with Gasteiger partial charge in [0.25, 0.3) is 0 Å². The Labute approximate surface area is 168 Å². The molecule has 1 spiro atoms. The Morgan fingerprint density at radius 3 is 2.55 bits per heavy atom. The summed E-state index contributed by atoms with van der Waals surface area (Å²) in [6, 6.07) is 17.1. The fraction of sp³-hybridized carbons (Fsp3) is 0.348. The number of rotatable bonds is 2. The molecule has 3 fully saturated rings. The van der Waals surface area contributed by atoms with Gasteiger partial charge in [0.1, 0.15) is 5.54 Å². The van der Waals surface area contributed by atoms with Crippen molar-refractivity contribution in [2.75, 3.05) is 11.9 Å². The molecule has 0 bridgehead atoms. The molecular formula is C23H21N3O3. The lowest BCUT2D eigenvalue weighted by molar-refractivity contribution is -0.146. The standard InChI is InChI=1S/C23H21N3O3/c27-20-18-17-11-6-12-26(17)23(15-9-4-5-10-16(15)24-22(23)29)19(18)21(28)25(20)13-14-7-2-1-3-8-14/h1-5,7-10,17-19H,6,11-13H2,(H,24,29)/t17-,18-,19+,23-/m1/s1. The number of nitrogens with zero attached hydrogens (tertiary/aromatic N) is 2. The Morgan fingerprint density at radius 2 is 1.72 bits per heavy atom. The summed E-state index contributed by atoms with van der Waals surface area (Å²) in [5.74, 6) is -1.63. The highest BCUT2D eigenvalue weighted by Crippen LogP contribution is 2.60. The molecule has 2 aromatic rings. The predicted molar refractivity (Wildman–Crippen MR) is 105 cm³/mol. The maximum absolute atomic E-state index is 13.6. The second kappa shape index (κ2) is 5.76. The maximum Gasteiger partial charge on any atom is 0.250 e. The molecule has 3 amide bonds. The Hall–Kier alpha value is -2.99. The second-order valence-electron chi connectivity index (χ2n) is 8.42. The van der Waals surface area contributed by atoms with Crippen LogP contribution in [-0.2, 0) is 26.5 Å². The highest BCUT2D eigenvalue weighted by atomic mass is 16.2. The number of benzene rings is 2. The van der Waals surface area contributed by atoms with Gasteiger partial charge in [-0.15, -0.1) is 0 Å². The van der Waals surface area contributed by atoms with Crippen molar-refractivity contribution in [3.05, 3.63) is 65.7 Å². The van der Waals surface area contributed by atoms with Gasteiger partial charge >= 0.3 is 0 Å². The third-order valence-electron chi connectivity index (χ3n) is 7.17. The van der Waals surface area contributed by atoms with E-state index in [9.17, 15) is 14.4 Å². The fourth-order valence-electron chi connectivity index (χ4n) is 6.14. The van der Waals surface area contributed by atoms with Crippen LogP contribution < -0.4 is 5.32 Å². The molecule has 29 heavy (non-hydrogen) atoms. The van der Waals surface area contributed by atoms with E-state index in [-0.39, 0.29) is 30.3 Å². The second-order valence-corrected chi connectivity index (χ2v) is 8.42. The number of amides is 3. The van der Waals surface area contributed by atoms with E-state index in [1.807, 2.05) is 54.6 Å². The summed E-state index contributed by atoms with van der Waals surface area (Å²) in [5, 5.41) is 2.99.